The third-order valence-corrected chi connectivity index (χ3v) is 3.56. The van der Waals surface area contributed by atoms with Crippen LogP contribution in [0.3, 0.4) is 0 Å². The van der Waals surface area contributed by atoms with Gasteiger partial charge in [-0.3, -0.25) is 4.98 Å². The second-order valence-corrected chi connectivity index (χ2v) is 5.11. The van der Waals surface area contributed by atoms with Gasteiger partial charge in [0.25, 0.3) is 0 Å². The summed E-state index contributed by atoms with van der Waals surface area (Å²) in [5.41, 5.74) is 1.10. The lowest BCUT2D eigenvalue weighted by Crippen LogP contribution is -2.18. The molecule has 3 rings (SSSR count). The Kier molecular flexibility index (Phi) is 4.96. The maximum atomic E-state index is 11.9. The van der Waals surface area contributed by atoms with Crippen LogP contribution in [0.1, 0.15) is 11.7 Å². The molecule has 1 heterocycles. The molecule has 0 radical (unpaired) electrons. The molecule has 1 aromatic heterocycles. The zero-order chi connectivity index (χ0) is 17.6. The van der Waals surface area contributed by atoms with Gasteiger partial charge in [-0.05, 0) is 35.0 Å². The first kappa shape index (κ1) is 16.5. The molecule has 0 saturated heterocycles. The van der Waals surface area contributed by atoms with E-state index in [4.69, 9.17) is 9.47 Å². The zero-order valence-corrected chi connectivity index (χ0v) is 13.0. The standard InChI is InChI=1S/C18H14N2O5/c21-17(12-5-2-1-3-6-12)18(22)25-11-24-15-9-8-14(20-23)13-7-4-10-19-16(13)15/h1-10,17,21H,11H2/t17-/m0/s1. The van der Waals surface area contributed by atoms with E-state index in [9.17, 15) is 14.8 Å². The van der Waals surface area contributed by atoms with E-state index in [1.807, 2.05) is 0 Å². The van der Waals surface area contributed by atoms with E-state index in [1.165, 1.54) is 12.1 Å². The highest BCUT2D eigenvalue weighted by molar-refractivity contribution is 5.93. The first-order valence-corrected chi connectivity index (χ1v) is 7.44. The van der Waals surface area contributed by atoms with Crippen LogP contribution < -0.4 is 4.74 Å². The Morgan fingerprint density at radius 3 is 2.68 bits per heavy atom. The summed E-state index contributed by atoms with van der Waals surface area (Å²) in [7, 11) is 0. The van der Waals surface area contributed by atoms with Crippen LogP contribution in [0, 0.1) is 4.91 Å². The number of esters is 1. The molecule has 0 aliphatic carbocycles. The summed E-state index contributed by atoms with van der Waals surface area (Å²) in [6.45, 7) is -0.401. The lowest BCUT2D eigenvalue weighted by atomic mass is 10.1. The van der Waals surface area contributed by atoms with E-state index in [-0.39, 0.29) is 5.69 Å². The molecule has 2 aromatic carbocycles. The van der Waals surface area contributed by atoms with E-state index in [0.717, 1.165) is 0 Å². The number of rotatable bonds is 6. The summed E-state index contributed by atoms with van der Waals surface area (Å²) in [6.07, 6.45) is 0.163. The molecule has 1 atom stereocenters. The van der Waals surface area contributed by atoms with E-state index < -0.39 is 18.9 Å². The Balaban J connectivity index is 1.67. The molecule has 0 fully saturated rings. The fourth-order valence-corrected chi connectivity index (χ4v) is 2.33. The smallest absolute Gasteiger partial charge is 0.342 e. The van der Waals surface area contributed by atoms with Crippen LogP contribution in [-0.4, -0.2) is 22.9 Å². The first-order chi connectivity index (χ1) is 12.2. The molecule has 0 unspecified atom stereocenters. The van der Waals surface area contributed by atoms with Crippen LogP contribution in [0.15, 0.2) is 66.0 Å². The number of benzene rings is 2. The zero-order valence-electron chi connectivity index (χ0n) is 13.0. The molecule has 1 N–H and O–H groups in total. The van der Waals surface area contributed by atoms with Crippen LogP contribution in [0.25, 0.3) is 10.9 Å². The number of hydrogen-bond acceptors (Lipinski definition) is 7. The average molecular weight is 338 g/mol. The quantitative estimate of drug-likeness (QED) is 0.421. The number of aromatic nitrogens is 1. The number of carbonyl (C=O) groups is 1. The predicted molar refractivity (Wildman–Crippen MR) is 90.2 cm³/mol. The van der Waals surface area contributed by atoms with Crippen molar-refractivity contribution in [2.24, 2.45) is 5.18 Å². The Morgan fingerprint density at radius 1 is 1.12 bits per heavy atom. The fraction of sp³-hybridized carbons (Fsp3) is 0.111. The number of nitroso groups, excluding NO2 is 1. The Hall–Kier alpha value is -3.32. The summed E-state index contributed by atoms with van der Waals surface area (Å²) in [4.78, 5) is 26.9. The van der Waals surface area contributed by atoms with E-state index in [0.29, 0.717) is 22.2 Å². The van der Waals surface area contributed by atoms with Crippen molar-refractivity contribution in [2.45, 2.75) is 6.10 Å². The second kappa shape index (κ2) is 7.50. The number of carbonyl (C=O) groups excluding carboxylic acids is 1. The molecule has 25 heavy (non-hydrogen) atoms. The molecule has 0 saturated carbocycles. The molecule has 7 heteroatoms. The molecular weight excluding hydrogens is 324 g/mol. The number of hydrogen-bond donors (Lipinski definition) is 1. The van der Waals surface area contributed by atoms with Crippen LogP contribution in [-0.2, 0) is 9.53 Å². The molecule has 7 nitrogen and oxygen atoms in total. The Morgan fingerprint density at radius 2 is 1.92 bits per heavy atom. The van der Waals surface area contributed by atoms with E-state index in [2.05, 4.69) is 10.2 Å². The predicted octanol–water partition coefficient (Wildman–Crippen LogP) is 3.25. The molecular formula is C18H14N2O5. The number of ether oxygens (including phenoxy) is 2. The van der Waals surface area contributed by atoms with Crippen molar-refractivity contribution in [3.05, 3.63) is 71.3 Å². The van der Waals surface area contributed by atoms with Crippen LogP contribution >= 0.6 is 0 Å². The molecule has 0 amide bonds. The number of fused-ring (bicyclic) bond motifs is 1. The third-order valence-electron chi connectivity index (χ3n) is 3.56. The molecule has 0 aliphatic heterocycles. The van der Waals surface area contributed by atoms with Crippen molar-refractivity contribution in [2.75, 3.05) is 6.79 Å². The number of aliphatic hydroxyl groups is 1. The summed E-state index contributed by atoms with van der Waals surface area (Å²) in [5, 5.41) is 13.4. The summed E-state index contributed by atoms with van der Waals surface area (Å²) < 4.78 is 10.4. The summed E-state index contributed by atoms with van der Waals surface area (Å²) >= 11 is 0. The van der Waals surface area contributed by atoms with Crippen molar-refractivity contribution >= 4 is 22.6 Å². The maximum Gasteiger partial charge on any atom is 0.342 e. The molecule has 0 spiro atoms. The van der Waals surface area contributed by atoms with Gasteiger partial charge in [-0.1, -0.05) is 30.3 Å². The van der Waals surface area contributed by atoms with Gasteiger partial charge in [0, 0.05) is 11.6 Å². The number of nitrogens with zero attached hydrogens (tertiary/aromatic N) is 2. The van der Waals surface area contributed by atoms with Crippen molar-refractivity contribution in [3.63, 3.8) is 0 Å². The highest BCUT2D eigenvalue weighted by Crippen LogP contribution is 2.31. The van der Waals surface area contributed by atoms with Gasteiger partial charge < -0.3 is 14.6 Å². The lowest BCUT2D eigenvalue weighted by molar-refractivity contribution is -0.160. The van der Waals surface area contributed by atoms with Gasteiger partial charge in [0.15, 0.2) is 6.10 Å². The molecule has 0 bridgehead atoms. The summed E-state index contributed by atoms with van der Waals surface area (Å²) in [6, 6.07) is 14.8. The van der Waals surface area contributed by atoms with Gasteiger partial charge in [-0.2, -0.15) is 0 Å². The van der Waals surface area contributed by atoms with Crippen molar-refractivity contribution < 1.29 is 19.4 Å². The van der Waals surface area contributed by atoms with E-state index >= 15 is 0 Å². The minimum absolute atomic E-state index is 0.243. The van der Waals surface area contributed by atoms with Crippen molar-refractivity contribution in [3.8, 4) is 5.75 Å². The SMILES string of the molecule is O=Nc1ccc(OCOC(=O)[C@@H](O)c2ccccc2)c2ncccc12. The van der Waals surface area contributed by atoms with Gasteiger partial charge in [-0.25, -0.2) is 4.79 Å². The molecule has 126 valence electrons. The van der Waals surface area contributed by atoms with Crippen LogP contribution in [0.5, 0.6) is 5.75 Å². The fourth-order valence-electron chi connectivity index (χ4n) is 2.33. The molecule has 3 aromatic rings. The van der Waals surface area contributed by atoms with E-state index in [1.54, 1.807) is 48.7 Å². The normalized spacial score (nSPS) is 11.7. The lowest BCUT2D eigenvalue weighted by Gasteiger charge is -2.12. The largest absolute Gasteiger partial charge is 0.455 e. The highest BCUT2D eigenvalue weighted by atomic mass is 16.7. The van der Waals surface area contributed by atoms with Gasteiger partial charge in [0.1, 0.15) is 17.0 Å². The van der Waals surface area contributed by atoms with Gasteiger partial charge >= 0.3 is 5.97 Å². The maximum absolute atomic E-state index is 11.9. The minimum atomic E-state index is -1.39. The first-order valence-electron chi connectivity index (χ1n) is 7.44. The Bertz CT molecular complexity index is 898. The van der Waals surface area contributed by atoms with Crippen molar-refractivity contribution in [1.82, 2.24) is 4.98 Å². The average Bonchev–Trinajstić information content (AvgIpc) is 2.68. The highest BCUT2D eigenvalue weighted by Gasteiger charge is 2.19. The van der Waals surface area contributed by atoms with Gasteiger partial charge in [-0.15, -0.1) is 4.91 Å². The third kappa shape index (κ3) is 3.61. The van der Waals surface area contributed by atoms with Crippen molar-refractivity contribution in [1.29, 1.82) is 0 Å². The Labute approximate surface area is 142 Å². The second-order valence-electron chi connectivity index (χ2n) is 5.11. The monoisotopic (exact) mass is 338 g/mol. The topological polar surface area (TPSA) is 98.1 Å². The van der Waals surface area contributed by atoms with Gasteiger partial charge in [0.05, 0.1) is 0 Å². The summed E-state index contributed by atoms with van der Waals surface area (Å²) in [5.74, 6) is -0.486. The van der Waals surface area contributed by atoms with Crippen LogP contribution in [0.2, 0.25) is 0 Å². The number of pyridine rings is 1. The minimum Gasteiger partial charge on any atom is -0.455 e. The van der Waals surface area contributed by atoms with Gasteiger partial charge in [0.2, 0.25) is 6.79 Å². The molecule has 0 aliphatic rings. The number of aliphatic hydroxyl groups excluding tert-OH is 1. The van der Waals surface area contributed by atoms with Crippen LogP contribution in [0.4, 0.5) is 5.69 Å².